The molecule has 6 nitrogen and oxygen atoms in total. The average Bonchev–Trinajstić information content (AvgIpc) is 3.50. The van der Waals surface area contributed by atoms with Crippen LogP contribution in [0.4, 0.5) is 11.4 Å². The van der Waals surface area contributed by atoms with Gasteiger partial charge in [-0.2, -0.15) is 0 Å². The van der Waals surface area contributed by atoms with Crippen molar-refractivity contribution in [2.24, 2.45) is 0 Å². The third-order valence-electron chi connectivity index (χ3n) is 4.48. The number of nitrogens with one attached hydrogen (secondary N) is 3. The van der Waals surface area contributed by atoms with Gasteiger partial charge in [0.05, 0.1) is 0 Å². The second-order valence-electron chi connectivity index (χ2n) is 6.72. The van der Waals surface area contributed by atoms with Gasteiger partial charge in [0.2, 0.25) is 5.91 Å². The third kappa shape index (κ3) is 5.31. The van der Waals surface area contributed by atoms with E-state index in [0.717, 1.165) is 24.1 Å². The van der Waals surface area contributed by atoms with Crippen LogP contribution in [0.1, 0.15) is 31.4 Å². The maximum absolute atomic E-state index is 12.7. The monoisotopic (exact) mass is 367 g/mol. The van der Waals surface area contributed by atoms with Crippen LogP contribution in [-0.2, 0) is 14.3 Å². The molecular formula is C21H25N3O3. The van der Waals surface area contributed by atoms with Crippen LogP contribution < -0.4 is 16.0 Å². The Morgan fingerprint density at radius 2 is 1.70 bits per heavy atom. The number of rotatable bonds is 8. The minimum absolute atomic E-state index is 0.0499. The molecule has 0 spiro atoms. The molecule has 0 unspecified atom stereocenters. The van der Waals surface area contributed by atoms with Crippen LogP contribution in [0.5, 0.6) is 0 Å². The summed E-state index contributed by atoms with van der Waals surface area (Å²) in [5, 5.41) is 9.16. The Balaban J connectivity index is 1.76. The van der Waals surface area contributed by atoms with Gasteiger partial charge < -0.3 is 20.7 Å². The van der Waals surface area contributed by atoms with Gasteiger partial charge in [-0.25, -0.2) is 0 Å². The van der Waals surface area contributed by atoms with Crippen LogP contribution >= 0.6 is 0 Å². The second-order valence-corrected chi connectivity index (χ2v) is 6.72. The van der Waals surface area contributed by atoms with E-state index in [4.69, 9.17) is 4.74 Å². The Labute approximate surface area is 159 Å². The fourth-order valence-electron chi connectivity index (χ4n) is 2.66. The summed E-state index contributed by atoms with van der Waals surface area (Å²) in [6.07, 6.45) is 1.53. The summed E-state index contributed by atoms with van der Waals surface area (Å²) < 4.78 is 5.03. The van der Waals surface area contributed by atoms with Crippen molar-refractivity contribution in [1.29, 1.82) is 0 Å². The van der Waals surface area contributed by atoms with Crippen molar-refractivity contribution in [2.45, 2.75) is 38.0 Å². The second kappa shape index (κ2) is 8.68. The highest BCUT2D eigenvalue weighted by atomic mass is 16.5. The quantitative estimate of drug-likeness (QED) is 0.670. The van der Waals surface area contributed by atoms with E-state index in [2.05, 4.69) is 16.0 Å². The van der Waals surface area contributed by atoms with Crippen LogP contribution in [0.15, 0.2) is 54.6 Å². The van der Waals surface area contributed by atoms with Crippen LogP contribution in [0.3, 0.4) is 0 Å². The molecule has 0 radical (unpaired) electrons. The van der Waals surface area contributed by atoms with Gasteiger partial charge in [0.1, 0.15) is 12.1 Å². The first-order chi connectivity index (χ1) is 13.1. The molecule has 3 N–H and O–H groups in total. The third-order valence-corrected chi connectivity index (χ3v) is 4.48. The van der Waals surface area contributed by atoms with E-state index in [-0.39, 0.29) is 17.9 Å². The lowest BCUT2D eigenvalue weighted by atomic mass is 10.1. The van der Waals surface area contributed by atoms with Crippen LogP contribution in [0.25, 0.3) is 0 Å². The zero-order valence-electron chi connectivity index (χ0n) is 15.6. The lowest BCUT2D eigenvalue weighted by molar-refractivity contribution is -0.124. The largest absolute Gasteiger partial charge is 0.372 e. The molecule has 2 aromatic rings. The Morgan fingerprint density at radius 3 is 2.37 bits per heavy atom. The molecule has 0 heterocycles. The fraction of sp³-hybridized carbons (Fsp3) is 0.333. The highest BCUT2D eigenvalue weighted by Gasteiger charge is 2.28. The molecule has 6 heteroatoms. The molecule has 27 heavy (non-hydrogen) atoms. The van der Waals surface area contributed by atoms with Crippen LogP contribution in [0, 0.1) is 0 Å². The molecule has 3 rings (SSSR count). The van der Waals surface area contributed by atoms with Crippen molar-refractivity contribution in [2.75, 3.05) is 17.7 Å². The van der Waals surface area contributed by atoms with E-state index in [1.54, 1.807) is 19.1 Å². The molecule has 1 saturated carbocycles. The zero-order valence-corrected chi connectivity index (χ0v) is 15.6. The van der Waals surface area contributed by atoms with E-state index in [0.29, 0.717) is 5.69 Å². The summed E-state index contributed by atoms with van der Waals surface area (Å²) in [5.74, 6) is -0.271. The summed E-state index contributed by atoms with van der Waals surface area (Å²) in [4.78, 5) is 24.7. The number of benzene rings is 2. The van der Waals surface area contributed by atoms with E-state index < -0.39 is 12.1 Å². The fourth-order valence-corrected chi connectivity index (χ4v) is 2.66. The first-order valence-corrected chi connectivity index (χ1v) is 9.12. The highest BCUT2D eigenvalue weighted by molar-refractivity contribution is 5.94. The minimum Gasteiger partial charge on any atom is -0.372 e. The predicted octanol–water partition coefficient (Wildman–Crippen LogP) is 3.09. The smallest absolute Gasteiger partial charge is 0.253 e. The standard InChI is InChI=1S/C21H25N3O3/c1-14(27-2)20(25)24-18-10-6-9-17(13-18)22-19(15-7-4-3-5-8-15)21(26)23-16-11-12-16/h3-10,13-14,16,19,22H,11-12H2,1-2H3,(H,23,26)(H,24,25)/t14-,19-/m0/s1. The zero-order chi connectivity index (χ0) is 19.2. The van der Waals surface area contributed by atoms with Crippen molar-refractivity contribution in [1.82, 2.24) is 5.32 Å². The Morgan fingerprint density at radius 1 is 1.00 bits per heavy atom. The lowest BCUT2D eigenvalue weighted by Crippen LogP contribution is -2.34. The molecule has 0 aliphatic heterocycles. The molecule has 0 saturated heterocycles. The van der Waals surface area contributed by atoms with Crippen molar-refractivity contribution < 1.29 is 14.3 Å². The van der Waals surface area contributed by atoms with Gasteiger partial charge in [-0.3, -0.25) is 9.59 Å². The summed E-state index contributed by atoms with van der Waals surface area (Å²) in [6.45, 7) is 1.69. The molecule has 1 fully saturated rings. The number of carbonyl (C=O) groups excluding carboxylic acids is 2. The molecule has 0 aromatic heterocycles. The van der Waals surface area contributed by atoms with E-state index >= 15 is 0 Å². The Hall–Kier alpha value is -2.86. The van der Waals surface area contributed by atoms with E-state index in [1.807, 2.05) is 42.5 Å². The Kier molecular flexibility index (Phi) is 6.08. The Bertz CT molecular complexity index is 790. The number of ether oxygens (including phenoxy) is 1. The molecular weight excluding hydrogens is 342 g/mol. The molecule has 2 atom stereocenters. The van der Waals surface area contributed by atoms with E-state index in [1.165, 1.54) is 7.11 Å². The molecule has 2 amide bonds. The number of methoxy groups -OCH3 is 1. The normalized spacial score (nSPS) is 15.5. The first kappa shape index (κ1) is 18.9. The van der Waals surface area contributed by atoms with Gasteiger partial charge in [0, 0.05) is 24.5 Å². The van der Waals surface area contributed by atoms with Crippen molar-refractivity contribution in [3.63, 3.8) is 0 Å². The topological polar surface area (TPSA) is 79.5 Å². The number of hydrogen-bond donors (Lipinski definition) is 3. The molecule has 0 bridgehead atoms. The summed E-state index contributed by atoms with van der Waals surface area (Å²) >= 11 is 0. The van der Waals surface area contributed by atoms with Gasteiger partial charge in [0.15, 0.2) is 0 Å². The first-order valence-electron chi connectivity index (χ1n) is 9.12. The number of amides is 2. The maximum Gasteiger partial charge on any atom is 0.253 e. The molecule has 1 aliphatic rings. The van der Waals surface area contributed by atoms with Gasteiger partial charge in [-0.15, -0.1) is 0 Å². The van der Waals surface area contributed by atoms with Gasteiger partial charge in [0.25, 0.3) is 5.91 Å². The SMILES string of the molecule is CO[C@@H](C)C(=O)Nc1cccc(N[C@H](C(=O)NC2CC2)c2ccccc2)c1. The number of anilines is 2. The minimum atomic E-state index is -0.539. The highest BCUT2D eigenvalue weighted by Crippen LogP contribution is 2.25. The van der Waals surface area contributed by atoms with Gasteiger partial charge >= 0.3 is 0 Å². The van der Waals surface area contributed by atoms with Crippen molar-refractivity contribution in [3.8, 4) is 0 Å². The average molecular weight is 367 g/mol. The van der Waals surface area contributed by atoms with Crippen LogP contribution in [0.2, 0.25) is 0 Å². The molecule has 1 aliphatic carbocycles. The van der Waals surface area contributed by atoms with Crippen molar-refractivity contribution in [3.05, 3.63) is 60.2 Å². The van der Waals surface area contributed by atoms with Crippen LogP contribution in [-0.4, -0.2) is 31.1 Å². The maximum atomic E-state index is 12.7. The number of hydrogen-bond acceptors (Lipinski definition) is 4. The summed E-state index contributed by atoms with van der Waals surface area (Å²) in [5.41, 5.74) is 2.28. The number of carbonyl (C=O) groups is 2. The van der Waals surface area contributed by atoms with Gasteiger partial charge in [-0.05, 0) is 43.5 Å². The lowest BCUT2D eigenvalue weighted by Gasteiger charge is -2.20. The predicted molar refractivity (Wildman–Crippen MR) is 106 cm³/mol. The summed E-state index contributed by atoms with van der Waals surface area (Å²) in [6, 6.07) is 16.7. The molecule has 142 valence electrons. The van der Waals surface area contributed by atoms with Crippen molar-refractivity contribution >= 4 is 23.2 Å². The summed E-state index contributed by atoms with van der Waals surface area (Å²) in [7, 11) is 1.49. The molecule has 2 aromatic carbocycles. The van der Waals surface area contributed by atoms with E-state index in [9.17, 15) is 9.59 Å². The van der Waals surface area contributed by atoms with Gasteiger partial charge in [-0.1, -0.05) is 36.4 Å².